The molecule has 0 atom stereocenters. The zero-order valence-corrected chi connectivity index (χ0v) is 18.0. The lowest BCUT2D eigenvalue weighted by atomic mass is 10.1. The number of benzene rings is 1. The van der Waals surface area contributed by atoms with E-state index in [1.54, 1.807) is 10.9 Å². The van der Waals surface area contributed by atoms with Crippen molar-refractivity contribution in [3.8, 4) is 6.07 Å². The molecule has 0 spiro atoms. The van der Waals surface area contributed by atoms with E-state index in [-0.39, 0.29) is 6.54 Å². The molecule has 9 heteroatoms. The predicted octanol–water partition coefficient (Wildman–Crippen LogP) is 2.44. The molecule has 0 aliphatic carbocycles. The maximum absolute atomic E-state index is 9.17. The van der Waals surface area contributed by atoms with Crippen LogP contribution in [0.15, 0.2) is 41.8 Å². The molecule has 1 aliphatic rings. The summed E-state index contributed by atoms with van der Waals surface area (Å²) in [4.78, 5) is 13.4. The van der Waals surface area contributed by atoms with Crippen molar-refractivity contribution in [2.45, 2.75) is 13.5 Å². The summed E-state index contributed by atoms with van der Waals surface area (Å²) >= 11 is 0. The number of morpholine rings is 1. The SMILES string of the molecule is Cc1cccc(/C(=N/Nc2cc(N3CCOCC3)c3ncn(CC#N)c3n2)N(C)C)c1. The molecule has 0 amide bonds. The largest absolute Gasteiger partial charge is 0.378 e. The van der Waals surface area contributed by atoms with Crippen LogP contribution in [0.4, 0.5) is 11.5 Å². The van der Waals surface area contributed by atoms with Gasteiger partial charge in [0.1, 0.15) is 12.1 Å². The third-order valence-corrected chi connectivity index (χ3v) is 5.12. The Kier molecular flexibility index (Phi) is 6.00. The second kappa shape index (κ2) is 9.02. The van der Waals surface area contributed by atoms with Crippen LogP contribution in [-0.2, 0) is 11.3 Å². The molecule has 2 aromatic heterocycles. The number of fused-ring (bicyclic) bond motifs is 1. The zero-order valence-electron chi connectivity index (χ0n) is 18.0. The molecule has 0 unspecified atom stereocenters. The molecule has 160 valence electrons. The first-order valence-electron chi connectivity index (χ1n) is 10.2. The average Bonchev–Trinajstić information content (AvgIpc) is 3.17. The van der Waals surface area contributed by atoms with Crippen LogP contribution in [0.25, 0.3) is 11.2 Å². The average molecular weight is 419 g/mol. The topological polar surface area (TPSA) is 94.6 Å². The van der Waals surface area contributed by atoms with E-state index in [2.05, 4.69) is 45.5 Å². The van der Waals surface area contributed by atoms with Crippen molar-refractivity contribution in [2.24, 2.45) is 5.10 Å². The van der Waals surface area contributed by atoms with Gasteiger partial charge in [-0.1, -0.05) is 23.8 Å². The Morgan fingerprint density at radius 3 is 2.81 bits per heavy atom. The predicted molar refractivity (Wildman–Crippen MR) is 121 cm³/mol. The van der Waals surface area contributed by atoms with E-state index >= 15 is 0 Å². The summed E-state index contributed by atoms with van der Waals surface area (Å²) < 4.78 is 7.25. The number of rotatable bonds is 5. The zero-order chi connectivity index (χ0) is 21.8. The van der Waals surface area contributed by atoms with Gasteiger partial charge >= 0.3 is 0 Å². The van der Waals surface area contributed by atoms with Crippen LogP contribution in [0.2, 0.25) is 0 Å². The van der Waals surface area contributed by atoms with Crippen LogP contribution < -0.4 is 10.3 Å². The van der Waals surface area contributed by atoms with Crippen molar-refractivity contribution in [3.05, 3.63) is 47.8 Å². The quantitative estimate of drug-likeness (QED) is 0.386. The van der Waals surface area contributed by atoms with Crippen molar-refractivity contribution >= 4 is 28.5 Å². The number of nitrogens with zero attached hydrogens (tertiary/aromatic N) is 7. The van der Waals surface area contributed by atoms with Gasteiger partial charge in [-0.3, -0.25) is 5.43 Å². The molecule has 4 rings (SSSR count). The van der Waals surface area contributed by atoms with Crippen LogP contribution in [0.3, 0.4) is 0 Å². The summed E-state index contributed by atoms with van der Waals surface area (Å²) in [5.74, 6) is 1.39. The summed E-state index contributed by atoms with van der Waals surface area (Å²) in [6, 6.07) is 12.3. The minimum atomic E-state index is 0.186. The molecule has 1 aromatic carbocycles. The molecule has 3 aromatic rings. The maximum atomic E-state index is 9.17. The van der Waals surface area contributed by atoms with E-state index in [9.17, 15) is 5.26 Å². The first-order valence-corrected chi connectivity index (χ1v) is 10.2. The fourth-order valence-electron chi connectivity index (χ4n) is 3.63. The summed E-state index contributed by atoms with van der Waals surface area (Å²) in [6.07, 6.45) is 1.66. The van der Waals surface area contributed by atoms with E-state index < -0.39 is 0 Å². The van der Waals surface area contributed by atoms with E-state index in [1.807, 2.05) is 37.2 Å². The maximum Gasteiger partial charge on any atom is 0.165 e. The normalized spacial score (nSPS) is 14.5. The molecule has 0 saturated carbocycles. The number of imidazole rings is 1. The molecule has 9 nitrogen and oxygen atoms in total. The lowest BCUT2D eigenvalue weighted by molar-refractivity contribution is 0.123. The molecule has 3 heterocycles. The summed E-state index contributed by atoms with van der Waals surface area (Å²) in [5.41, 5.74) is 7.71. The minimum absolute atomic E-state index is 0.186. The number of hydrazone groups is 1. The number of nitrogens with one attached hydrogen (secondary N) is 1. The molecule has 1 fully saturated rings. The van der Waals surface area contributed by atoms with Gasteiger partial charge in [-0.05, 0) is 13.0 Å². The fourth-order valence-corrected chi connectivity index (χ4v) is 3.63. The van der Waals surface area contributed by atoms with Gasteiger partial charge in [0, 0.05) is 38.8 Å². The number of hydrogen-bond acceptors (Lipinski definition) is 7. The molecular formula is C22H26N8O. The van der Waals surface area contributed by atoms with Gasteiger partial charge < -0.3 is 19.1 Å². The van der Waals surface area contributed by atoms with E-state index in [0.717, 1.165) is 35.7 Å². The monoisotopic (exact) mass is 418 g/mol. The number of pyridine rings is 1. The number of aromatic nitrogens is 3. The highest BCUT2D eigenvalue weighted by Crippen LogP contribution is 2.28. The fraction of sp³-hybridized carbons (Fsp3) is 0.364. The molecule has 1 saturated heterocycles. The summed E-state index contributed by atoms with van der Waals surface area (Å²) in [5, 5.41) is 13.8. The third kappa shape index (κ3) is 4.44. The Labute approximate surface area is 181 Å². The van der Waals surface area contributed by atoms with Crippen molar-refractivity contribution in [2.75, 3.05) is 50.7 Å². The summed E-state index contributed by atoms with van der Waals surface area (Å²) in [6.45, 7) is 5.14. The number of aryl methyl sites for hydroxylation is 1. The second-order valence-corrected chi connectivity index (χ2v) is 7.64. The highest BCUT2D eigenvalue weighted by Gasteiger charge is 2.19. The van der Waals surface area contributed by atoms with Gasteiger partial charge in [0.25, 0.3) is 0 Å². The van der Waals surface area contributed by atoms with E-state index in [1.165, 1.54) is 5.56 Å². The van der Waals surface area contributed by atoms with Crippen LogP contribution in [0.1, 0.15) is 11.1 Å². The second-order valence-electron chi connectivity index (χ2n) is 7.64. The Morgan fingerprint density at radius 1 is 1.29 bits per heavy atom. The van der Waals surface area contributed by atoms with E-state index in [0.29, 0.717) is 24.7 Å². The molecular weight excluding hydrogens is 392 g/mol. The van der Waals surface area contributed by atoms with Gasteiger partial charge in [-0.25, -0.2) is 9.97 Å². The minimum Gasteiger partial charge on any atom is -0.378 e. The number of ether oxygens (including phenoxy) is 1. The highest BCUT2D eigenvalue weighted by molar-refractivity contribution is 5.99. The Morgan fingerprint density at radius 2 is 2.10 bits per heavy atom. The van der Waals surface area contributed by atoms with Gasteiger partial charge in [0.15, 0.2) is 17.3 Å². The molecule has 0 bridgehead atoms. The number of hydrogen-bond donors (Lipinski definition) is 1. The summed E-state index contributed by atoms with van der Waals surface area (Å²) in [7, 11) is 3.92. The number of amidine groups is 1. The van der Waals surface area contributed by atoms with Crippen LogP contribution >= 0.6 is 0 Å². The molecule has 1 N–H and O–H groups in total. The Bertz CT molecular complexity index is 1140. The lowest BCUT2D eigenvalue weighted by Crippen LogP contribution is -2.36. The molecule has 0 radical (unpaired) electrons. The Hall–Kier alpha value is -3.64. The smallest absolute Gasteiger partial charge is 0.165 e. The standard InChI is InChI=1S/C22H26N8O/c1-16-5-4-6-17(13-16)21(28(2)3)27-26-19-14-18(29-9-11-31-12-10-29)20-22(25-19)30(8-7-23)15-24-20/h4-6,13-15H,8-12H2,1-3H3,(H,25,26)/b27-21-. The van der Waals surface area contributed by atoms with Gasteiger partial charge in [0.05, 0.1) is 31.3 Å². The van der Waals surface area contributed by atoms with E-state index in [4.69, 9.17) is 9.72 Å². The third-order valence-electron chi connectivity index (χ3n) is 5.12. The first-order chi connectivity index (χ1) is 15.1. The van der Waals surface area contributed by atoms with Gasteiger partial charge in [-0.2, -0.15) is 10.4 Å². The highest BCUT2D eigenvalue weighted by atomic mass is 16.5. The number of nitriles is 1. The Balaban J connectivity index is 1.74. The first kappa shape index (κ1) is 20.6. The molecule has 31 heavy (non-hydrogen) atoms. The van der Waals surface area contributed by atoms with Crippen molar-refractivity contribution < 1.29 is 4.74 Å². The van der Waals surface area contributed by atoms with Crippen LogP contribution in [-0.4, -0.2) is 65.7 Å². The molecule has 1 aliphatic heterocycles. The lowest BCUT2D eigenvalue weighted by Gasteiger charge is -2.29. The van der Waals surface area contributed by atoms with Crippen LogP contribution in [0.5, 0.6) is 0 Å². The number of anilines is 2. The van der Waals surface area contributed by atoms with Crippen molar-refractivity contribution in [1.82, 2.24) is 19.4 Å². The van der Waals surface area contributed by atoms with Crippen LogP contribution in [0, 0.1) is 18.3 Å². The van der Waals surface area contributed by atoms with Crippen molar-refractivity contribution in [3.63, 3.8) is 0 Å². The van der Waals surface area contributed by atoms with Gasteiger partial charge in [-0.15, -0.1) is 0 Å². The van der Waals surface area contributed by atoms with Crippen molar-refractivity contribution in [1.29, 1.82) is 5.26 Å². The van der Waals surface area contributed by atoms with Gasteiger partial charge in [0.2, 0.25) is 0 Å².